The molecule has 0 radical (unpaired) electrons. The predicted octanol–water partition coefficient (Wildman–Crippen LogP) is -0.879. The number of carbonyl (C=O) groups excluding carboxylic acids is 2. The van der Waals surface area contributed by atoms with Gasteiger partial charge in [0, 0.05) is 6.42 Å². The SMILES string of the molecule is C=NCN1C(=O)CCC1C(N)=O. The van der Waals surface area contributed by atoms with Crippen molar-refractivity contribution in [1.29, 1.82) is 0 Å². The van der Waals surface area contributed by atoms with Crippen molar-refractivity contribution in [2.24, 2.45) is 10.7 Å². The molecular weight excluding hydrogens is 158 g/mol. The van der Waals surface area contributed by atoms with Gasteiger partial charge in [-0.25, -0.2) is 0 Å². The summed E-state index contributed by atoms with van der Waals surface area (Å²) in [5.41, 5.74) is 5.09. The van der Waals surface area contributed by atoms with Crippen LogP contribution in [0.2, 0.25) is 0 Å². The van der Waals surface area contributed by atoms with E-state index < -0.39 is 11.9 Å². The number of hydrogen-bond donors (Lipinski definition) is 1. The number of aliphatic imine (C=N–C) groups is 1. The lowest BCUT2D eigenvalue weighted by molar-refractivity contribution is -0.133. The van der Waals surface area contributed by atoms with Gasteiger partial charge in [-0.05, 0) is 13.1 Å². The van der Waals surface area contributed by atoms with Crippen LogP contribution in [0.5, 0.6) is 0 Å². The summed E-state index contributed by atoms with van der Waals surface area (Å²) in [4.78, 5) is 26.8. The zero-order valence-electron chi connectivity index (χ0n) is 6.69. The fourth-order valence-electron chi connectivity index (χ4n) is 1.31. The fraction of sp³-hybridized carbons (Fsp3) is 0.571. The van der Waals surface area contributed by atoms with Gasteiger partial charge in [0.05, 0.1) is 0 Å². The average Bonchev–Trinajstić information content (AvgIpc) is 2.34. The van der Waals surface area contributed by atoms with Crippen LogP contribution >= 0.6 is 0 Å². The fourth-order valence-corrected chi connectivity index (χ4v) is 1.31. The van der Waals surface area contributed by atoms with E-state index in [-0.39, 0.29) is 12.6 Å². The quantitative estimate of drug-likeness (QED) is 0.557. The van der Waals surface area contributed by atoms with Crippen LogP contribution < -0.4 is 5.73 Å². The Morgan fingerprint density at radius 2 is 2.50 bits per heavy atom. The lowest BCUT2D eigenvalue weighted by atomic mass is 10.2. The molecule has 0 aromatic carbocycles. The molecule has 0 aromatic rings. The van der Waals surface area contributed by atoms with Crippen molar-refractivity contribution in [1.82, 2.24) is 4.90 Å². The highest BCUT2D eigenvalue weighted by atomic mass is 16.2. The van der Waals surface area contributed by atoms with Crippen LogP contribution in [0.1, 0.15) is 12.8 Å². The molecule has 2 N–H and O–H groups in total. The monoisotopic (exact) mass is 169 g/mol. The minimum Gasteiger partial charge on any atom is -0.368 e. The molecule has 0 aromatic heterocycles. The molecule has 1 heterocycles. The van der Waals surface area contributed by atoms with Gasteiger partial charge in [0.25, 0.3) is 0 Å². The van der Waals surface area contributed by atoms with Gasteiger partial charge in [-0.3, -0.25) is 14.6 Å². The van der Waals surface area contributed by atoms with Gasteiger partial charge < -0.3 is 10.6 Å². The van der Waals surface area contributed by atoms with E-state index in [4.69, 9.17) is 5.73 Å². The number of nitrogens with zero attached hydrogens (tertiary/aromatic N) is 2. The standard InChI is InChI=1S/C7H11N3O2/c1-9-4-10-5(7(8)12)2-3-6(10)11/h5H,1-4H2,(H2,8,12). The minimum absolute atomic E-state index is 0.0776. The average molecular weight is 169 g/mol. The first-order valence-electron chi connectivity index (χ1n) is 3.68. The predicted molar refractivity (Wildman–Crippen MR) is 43.5 cm³/mol. The number of carbonyl (C=O) groups is 2. The van der Waals surface area contributed by atoms with Crippen molar-refractivity contribution in [3.63, 3.8) is 0 Å². The Balaban J connectivity index is 2.69. The minimum atomic E-state index is -0.483. The van der Waals surface area contributed by atoms with Gasteiger partial charge in [-0.2, -0.15) is 0 Å². The summed E-state index contributed by atoms with van der Waals surface area (Å²) in [6, 6.07) is -0.483. The number of likely N-dealkylation sites (tertiary alicyclic amines) is 1. The molecule has 1 rings (SSSR count). The van der Waals surface area contributed by atoms with Gasteiger partial charge >= 0.3 is 0 Å². The highest BCUT2D eigenvalue weighted by molar-refractivity contribution is 5.89. The molecule has 2 amide bonds. The van der Waals surface area contributed by atoms with Crippen LogP contribution in [-0.4, -0.2) is 36.1 Å². The summed E-state index contributed by atoms with van der Waals surface area (Å²) in [6.45, 7) is 3.42. The second-order valence-corrected chi connectivity index (χ2v) is 2.69. The number of rotatable bonds is 3. The van der Waals surface area contributed by atoms with Gasteiger partial charge in [-0.15, -0.1) is 0 Å². The first-order chi connectivity index (χ1) is 5.66. The Morgan fingerprint density at radius 1 is 1.83 bits per heavy atom. The smallest absolute Gasteiger partial charge is 0.240 e. The van der Waals surface area contributed by atoms with Crippen molar-refractivity contribution in [2.75, 3.05) is 6.67 Å². The van der Waals surface area contributed by atoms with Gasteiger partial charge in [-0.1, -0.05) is 0 Å². The Morgan fingerprint density at radius 3 is 3.00 bits per heavy atom. The molecule has 1 saturated heterocycles. The van der Waals surface area contributed by atoms with Crippen molar-refractivity contribution >= 4 is 18.5 Å². The molecule has 1 aliphatic rings. The number of hydrogen-bond acceptors (Lipinski definition) is 3. The summed E-state index contributed by atoms with van der Waals surface area (Å²) >= 11 is 0. The lowest BCUT2D eigenvalue weighted by Gasteiger charge is -2.19. The zero-order valence-corrected chi connectivity index (χ0v) is 6.69. The molecular formula is C7H11N3O2. The highest BCUT2D eigenvalue weighted by Gasteiger charge is 2.33. The molecule has 0 spiro atoms. The van der Waals surface area contributed by atoms with Gasteiger partial charge in [0.2, 0.25) is 11.8 Å². The van der Waals surface area contributed by atoms with E-state index in [1.54, 1.807) is 0 Å². The molecule has 1 unspecified atom stereocenters. The molecule has 66 valence electrons. The second kappa shape index (κ2) is 3.34. The summed E-state index contributed by atoms with van der Waals surface area (Å²) in [5, 5.41) is 0. The van der Waals surface area contributed by atoms with Gasteiger partial charge in [0.1, 0.15) is 12.7 Å². The third-order valence-electron chi connectivity index (χ3n) is 1.91. The van der Waals surface area contributed by atoms with E-state index >= 15 is 0 Å². The second-order valence-electron chi connectivity index (χ2n) is 2.69. The third-order valence-corrected chi connectivity index (χ3v) is 1.91. The van der Waals surface area contributed by atoms with Crippen LogP contribution in [0.3, 0.4) is 0 Å². The molecule has 1 aliphatic heterocycles. The highest BCUT2D eigenvalue weighted by Crippen LogP contribution is 2.17. The summed E-state index contributed by atoms with van der Waals surface area (Å²) < 4.78 is 0. The van der Waals surface area contributed by atoms with Crippen LogP contribution in [0.25, 0.3) is 0 Å². The molecule has 1 atom stereocenters. The van der Waals surface area contributed by atoms with E-state index in [1.807, 2.05) is 0 Å². The maximum atomic E-state index is 11.1. The molecule has 5 heteroatoms. The van der Waals surface area contributed by atoms with Gasteiger partial charge in [0.15, 0.2) is 0 Å². The maximum absolute atomic E-state index is 11.1. The molecule has 1 fully saturated rings. The zero-order chi connectivity index (χ0) is 9.14. The van der Waals surface area contributed by atoms with Crippen LogP contribution in [0.4, 0.5) is 0 Å². The first-order valence-corrected chi connectivity index (χ1v) is 3.68. The normalized spacial score (nSPS) is 22.8. The van der Waals surface area contributed by atoms with E-state index in [0.717, 1.165) is 0 Å². The Kier molecular flexibility index (Phi) is 2.42. The summed E-state index contributed by atoms with van der Waals surface area (Å²) in [7, 11) is 0. The topological polar surface area (TPSA) is 75.8 Å². The van der Waals surface area contributed by atoms with Crippen molar-refractivity contribution < 1.29 is 9.59 Å². The van der Waals surface area contributed by atoms with Crippen LogP contribution in [0, 0.1) is 0 Å². The summed E-state index contributed by atoms with van der Waals surface area (Å²) in [6.07, 6.45) is 0.882. The lowest BCUT2D eigenvalue weighted by Crippen LogP contribution is -2.42. The van der Waals surface area contributed by atoms with Crippen molar-refractivity contribution in [2.45, 2.75) is 18.9 Å². The molecule has 12 heavy (non-hydrogen) atoms. The third kappa shape index (κ3) is 1.44. The van der Waals surface area contributed by atoms with E-state index in [2.05, 4.69) is 11.7 Å². The van der Waals surface area contributed by atoms with Crippen molar-refractivity contribution in [3.8, 4) is 0 Å². The van der Waals surface area contributed by atoms with E-state index in [0.29, 0.717) is 12.8 Å². The Hall–Kier alpha value is -1.39. The Labute approximate surface area is 70.2 Å². The first kappa shape index (κ1) is 8.70. The largest absolute Gasteiger partial charge is 0.368 e. The summed E-state index contributed by atoms with van der Waals surface area (Å²) in [5.74, 6) is -0.546. The number of amides is 2. The van der Waals surface area contributed by atoms with Crippen LogP contribution in [-0.2, 0) is 9.59 Å². The Bertz CT molecular complexity index is 227. The molecule has 0 saturated carbocycles. The van der Waals surface area contributed by atoms with E-state index in [9.17, 15) is 9.59 Å². The molecule has 5 nitrogen and oxygen atoms in total. The molecule has 0 aliphatic carbocycles. The van der Waals surface area contributed by atoms with E-state index in [1.165, 1.54) is 4.90 Å². The number of primary amides is 1. The maximum Gasteiger partial charge on any atom is 0.240 e. The molecule has 0 bridgehead atoms. The number of nitrogens with two attached hydrogens (primary N) is 1. The van der Waals surface area contributed by atoms with Crippen molar-refractivity contribution in [3.05, 3.63) is 0 Å². The van der Waals surface area contributed by atoms with Crippen LogP contribution in [0.15, 0.2) is 4.99 Å².